The molecule has 0 spiro atoms. The van der Waals surface area contributed by atoms with Crippen LogP contribution in [0.2, 0.25) is 5.02 Å². The van der Waals surface area contributed by atoms with Gasteiger partial charge in [0, 0.05) is 5.69 Å². The molecule has 0 aliphatic heterocycles. The number of carbonyl (C=O) groups is 1. The van der Waals surface area contributed by atoms with E-state index in [9.17, 15) is 4.79 Å². The molecule has 0 saturated carbocycles. The average molecular weight is 214 g/mol. The van der Waals surface area contributed by atoms with Gasteiger partial charge in [-0.2, -0.15) is 0 Å². The number of hydrogen-bond acceptors (Lipinski definition) is 3. The normalized spacial score (nSPS) is 9.64. The zero-order valence-corrected chi connectivity index (χ0v) is 8.89. The van der Waals surface area contributed by atoms with E-state index < -0.39 is 0 Å². The number of aldehydes is 1. The summed E-state index contributed by atoms with van der Waals surface area (Å²) in [5.74, 6) is 0.640. The van der Waals surface area contributed by atoms with E-state index in [1.165, 1.54) is 0 Å². The molecule has 76 valence electrons. The highest BCUT2D eigenvalue weighted by atomic mass is 35.5. The Hall–Kier alpha value is -1.22. The highest BCUT2D eigenvalue weighted by Crippen LogP contribution is 2.30. The maximum atomic E-state index is 10.2. The minimum Gasteiger partial charge on any atom is -0.495 e. The van der Waals surface area contributed by atoms with Gasteiger partial charge in [0.1, 0.15) is 12.0 Å². The Bertz CT molecular complexity index is 339. The molecule has 0 amide bonds. The van der Waals surface area contributed by atoms with Crippen molar-refractivity contribution in [3.8, 4) is 5.75 Å². The van der Waals surface area contributed by atoms with Gasteiger partial charge in [-0.25, -0.2) is 0 Å². The molecule has 0 bridgehead atoms. The van der Waals surface area contributed by atoms with Crippen molar-refractivity contribution in [1.29, 1.82) is 0 Å². The van der Waals surface area contributed by atoms with Crippen LogP contribution in [-0.2, 0) is 4.79 Å². The lowest BCUT2D eigenvalue weighted by molar-refractivity contribution is -0.106. The molecule has 1 N–H and O–H groups in total. The predicted octanol–water partition coefficient (Wildman–Crippen LogP) is 2.27. The van der Waals surface area contributed by atoms with Crippen LogP contribution in [0.4, 0.5) is 5.69 Å². The number of nitrogens with one attached hydrogen (secondary N) is 1. The van der Waals surface area contributed by atoms with Crippen LogP contribution in [0.5, 0.6) is 5.75 Å². The number of benzene rings is 1. The van der Waals surface area contributed by atoms with Crippen molar-refractivity contribution in [2.75, 3.05) is 19.0 Å². The third-order valence-electron chi connectivity index (χ3n) is 1.87. The minimum atomic E-state index is 0.281. The smallest absolute Gasteiger partial charge is 0.139 e. The summed E-state index contributed by atoms with van der Waals surface area (Å²) in [5, 5.41) is 3.48. The van der Waals surface area contributed by atoms with Gasteiger partial charge in [-0.3, -0.25) is 0 Å². The predicted molar refractivity (Wildman–Crippen MR) is 57.3 cm³/mol. The summed E-state index contributed by atoms with van der Waals surface area (Å²) in [4.78, 5) is 10.2. The van der Waals surface area contributed by atoms with Crippen LogP contribution < -0.4 is 10.1 Å². The summed E-state index contributed by atoms with van der Waals surface area (Å²) >= 11 is 5.93. The van der Waals surface area contributed by atoms with Crippen molar-refractivity contribution in [2.24, 2.45) is 0 Å². The van der Waals surface area contributed by atoms with Crippen LogP contribution in [0.1, 0.15) is 5.56 Å². The summed E-state index contributed by atoms with van der Waals surface area (Å²) in [7, 11) is 1.57. The summed E-state index contributed by atoms with van der Waals surface area (Å²) in [6.45, 7) is 2.20. The van der Waals surface area contributed by atoms with E-state index in [1.807, 2.05) is 13.0 Å². The van der Waals surface area contributed by atoms with E-state index in [0.29, 0.717) is 10.8 Å². The molecule has 0 aromatic heterocycles. The Morgan fingerprint density at radius 3 is 2.86 bits per heavy atom. The maximum absolute atomic E-state index is 10.2. The fourth-order valence-electron chi connectivity index (χ4n) is 1.15. The molecular formula is C10H12ClNO2. The molecule has 1 aromatic rings. The van der Waals surface area contributed by atoms with Crippen molar-refractivity contribution in [2.45, 2.75) is 6.92 Å². The maximum Gasteiger partial charge on any atom is 0.139 e. The number of aryl methyl sites for hydroxylation is 1. The van der Waals surface area contributed by atoms with Gasteiger partial charge >= 0.3 is 0 Å². The topological polar surface area (TPSA) is 38.3 Å². The first-order valence-corrected chi connectivity index (χ1v) is 4.58. The second kappa shape index (κ2) is 4.86. The fourth-order valence-corrected chi connectivity index (χ4v) is 1.39. The van der Waals surface area contributed by atoms with Crippen LogP contribution in [0.3, 0.4) is 0 Å². The summed E-state index contributed by atoms with van der Waals surface area (Å²) < 4.78 is 5.06. The monoisotopic (exact) mass is 213 g/mol. The van der Waals surface area contributed by atoms with Crippen LogP contribution in [0.25, 0.3) is 0 Å². The first-order valence-electron chi connectivity index (χ1n) is 4.20. The molecule has 4 heteroatoms. The molecule has 0 saturated heterocycles. The highest BCUT2D eigenvalue weighted by Gasteiger charge is 2.05. The number of carbonyl (C=O) groups excluding carboxylic acids is 1. The first kappa shape index (κ1) is 10.9. The van der Waals surface area contributed by atoms with Gasteiger partial charge < -0.3 is 14.8 Å². The number of hydrogen-bond donors (Lipinski definition) is 1. The van der Waals surface area contributed by atoms with Crippen LogP contribution in [0.15, 0.2) is 12.1 Å². The highest BCUT2D eigenvalue weighted by molar-refractivity contribution is 6.32. The van der Waals surface area contributed by atoms with Crippen molar-refractivity contribution >= 4 is 23.6 Å². The molecule has 0 atom stereocenters. The van der Waals surface area contributed by atoms with Gasteiger partial charge in [0.15, 0.2) is 0 Å². The SMILES string of the molecule is COc1cc(C)c(NCC=O)cc1Cl. The molecular weight excluding hydrogens is 202 g/mol. The van der Waals surface area contributed by atoms with Gasteiger partial charge in [-0.15, -0.1) is 0 Å². The Kier molecular flexibility index (Phi) is 3.77. The molecule has 1 rings (SSSR count). The third kappa shape index (κ3) is 2.39. The Morgan fingerprint density at radius 1 is 1.57 bits per heavy atom. The van der Waals surface area contributed by atoms with Crippen LogP contribution in [0, 0.1) is 6.92 Å². The van der Waals surface area contributed by atoms with E-state index in [2.05, 4.69) is 5.32 Å². The second-order valence-corrected chi connectivity index (χ2v) is 3.26. The Morgan fingerprint density at radius 2 is 2.29 bits per heavy atom. The lowest BCUT2D eigenvalue weighted by atomic mass is 10.2. The molecule has 0 heterocycles. The van der Waals surface area contributed by atoms with Gasteiger partial charge in [-0.1, -0.05) is 11.6 Å². The summed E-state index contributed by atoms with van der Waals surface area (Å²) in [6.07, 6.45) is 0.803. The van der Waals surface area contributed by atoms with Crippen molar-refractivity contribution in [3.05, 3.63) is 22.7 Å². The van der Waals surface area contributed by atoms with Crippen LogP contribution in [-0.4, -0.2) is 19.9 Å². The van der Waals surface area contributed by atoms with Gasteiger partial charge in [0.05, 0.1) is 18.7 Å². The van der Waals surface area contributed by atoms with Crippen molar-refractivity contribution in [3.63, 3.8) is 0 Å². The quantitative estimate of drug-likeness (QED) is 0.780. The summed E-state index contributed by atoms with van der Waals surface area (Å²) in [6, 6.07) is 3.58. The lowest BCUT2D eigenvalue weighted by Crippen LogP contribution is -2.03. The molecule has 0 radical (unpaired) electrons. The number of anilines is 1. The zero-order valence-electron chi connectivity index (χ0n) is 8.13. The zero-order chi connectivity index (χ0) is 10.6. The van der Waals surface area contributed by atoms with E-state index in [0.717, 1.165) is 17.5 Å². The number of halogens is 1. The molecule has 3 nitrogen and oxygen atoms in total. The molecule has 0 aliphatic rings. The standard InChI is InChI=1S/C10H12ClNO2/c1-7-5-10(14-2)8(11)6-9(7)12-3-4-13/h4-6,12H,3H2,1-2H3. The van der Waals surface area contributed by atoms with Gasteiger partial charge in [0.25, 0.3) is 0 Å². The lowest BCUT2D eigenvalue weighted by Gasteiger charge is -2.10. The Labute approximate surface area is 88.0 Å². The molecule has 1 aromatic carbocycles. The largest absolute Gasteiger partial charge is 0.495 e. The van der Waals surface area contributed by atoms with E-state index in [4.69, 9.17) is 16.3 Å². The molecule has 0 aliphatic carbocycles. The molecule has 0 unspecified atom stereocenters. The minimum absolute atomic E-state index is 0.281. The van der Waals surface area contributed by atoms with Crippen molar-refractivity contribution in [1.82, 2.24) is 0 Å². The van der Waals surface area contributed by atoms with Crippen LogP contribution >= 0.6 is 11.6 Å². The van der Waals surface area contributed by atoms with E-state index in [-0.39, 0.29) is 6.54 Å². The van der Waals surface area contributed by atoms with E-state index >= 15 is 0 Å². The number of methoxy groups -OCH3 is 1. The number of rotatable bonds is 4. The third-order valence-corrected chi connectivity index (χ3v) is 2.17. The second-order valence-electron chi connectivity index (χ2n) is 2.85. The van der Waals surface area contributed by atoms with Gasteiger partial charge in [0.2, 0.25) is 0 Å². The first-order chi connectivity index (χ1) is 6.69. The van der Waals surface area contributed by atoms with E-state index in [1.54, 1.807) is 13.2 Å². The number of ether oxygens (including phenoxy) is 1. The average Bonchev–Trinajstić information content (AvgIpc) is 2.18. The molecule has 0 fully saturated rings. The van der Waals surface area contributed by atoms with Crippen molar-refractivity contribution < 1.29 is 9.53 Å². The Balaban J connectivity index is 2.96. The molecule has 14 heavy (non-hydrogen) atoms. The van der Waals surface area contributed by atoms with Gasteiger partial charge in [-0.05, 0) is 24.6 Å². The fraction of sp³-hybridized carbons (Fsp3) is 0.300. The summed E-state index contributed by atoms with van der Waals surface area (Å²) in [5.41, 5.74) is 1.84.